The van der Waals surface area contributed by atoms with Gasteiger partial charge in [0.25, 0.3) is 0 Å². The van der Waals surface area contributed by atoms with Crippen LogP contribution in [0.3, 0.4) is 0 Å². The van der Waals surface area contributed by atoms with E-state index in [9.17, 15) is 17.9 Å². The Labute approximate surface area is 111 Å². The molecule has 0 heterocycles. The summed E-state index contributed by atoms with van der Waals surface area (Å²) in [5, 5.41) is 12.6. The summed E-state index contributed by atoms with van der Waals surface area (Å²) in [6.45, 7) is 0. The highest BCUT2D eigenvalue weighted by molar-refractivity contribution is 7.89. The van der Waals surface area contributed by atoms with Crippen LogP contribution in [0.4, 0.5) is 10.1 Å². The smallest absolute Gasteiger partial charge is 0.240 e. The Hall–Kier alpha value is -1.18. The zero-order chi connectivity index (χ0) is 14.0. The number of halogens is 1. The lowest BCUT2D eigenvalue weighted by Crippen LogP contribution is -2.28. The normalized spacial score (nSPS) is 23.5. The largest absolute Gasteiger partial charge is 0.391 e. The van der Waals surface area contributed by atoms with Gasteiger partial charge in [-0.2, -0.15) is 0 Å². The van der Waals surface area contributed by atoms with Crippen LogP contribution >= 0.6 is 0 Å². The fraction of sp³-hybridized carbons (Fsp3) is 0.500. The van der Waals surface area contributed by atoms with Crippen molar-refractivity contribution in [3.05, 3.63) is 24.0 Å². The van der Waals surface area contributed by atoms with E-state index in [0.717, 1.165) is 18.9 Å². The summed E-state index contributed by atoms with van der Waals surface area (Å²) in [6, 6.07) is 3.50. The number of rotatable bonds is 4. The van der Waals surface area contributed by atoms with Crippen LogP contribution in [0.15, 0.2) is 23.1 Å². The van der Waals surface area contributed by atoms with Gasteiger partial charge in [0.2, 0.25) is 10.0 Å². The van der Waals surface area contributed by atoms with Crippen LogP contribution in [-0.2, 0) is 10.0 Å². The number of benzene rings is 1. The topological polar surface area (TPSA) is 78.4 Å². The van der Waals surface area contributed by atoms with E-state index in [0.29, 0.717) is 6.42 Å². The molecule has 106 valence electrons. The van der Waals surface area contributed by atoms with E-state index >= 15 is 0 Å². The summed E-state index contributed by atoms with van der Waals surface area (Å²) in [6.07, 6.45) is 1.88. The number of aliphatic hydroxyl groups excluding tert-OH is 1. The molecule has 1 aromatic rings. The Morgan fingerprint density at radius 3 is 2.63 bits per heavy atom. The highest BCUT2D eigenvalue weighted by Gasteiger charge is 2.26. The SMILES string of the molecule is CNS(=O)(=O)c1ccc(N[C@H]2CCC[C@@H]2O)c(F)c1. The van der Waals surface area contributed by atoms with Gasteiger partial charge >= 0.3 is 0 Å². The molecule has 5 nitrogen and oxygen atoms in total. The first kappa shape index (κ1) is 14.2. The maximum absolute atomic E-state index is 13.9. The third-order valence-electron chi connectivity index (χ3n) is 3.34. The van der Waals surface area contributed by atoms with Crippen LogP contribution < -0.4 is 10.0 Å². The molecule has 0 radical (unpaired) electrons. The van der Waals surface area contributed by atoms with E-state index < -0.39 is 21.9 Å². The number of hydrogen-bond donors (Lipinski definition) is 3. The van der Waals surface area contributed by atoms with Crippen molar-refractivity contribution in [1.29, 1.82) is 0 Å². The maximum atomic E-state index is 13.9. The van der Waals surface area contributed by atoms with Gasteiger partial charge in [0, 0.05) is 0 Å². The number of hydrogen-bond acceptors (Lipinski definition) is 4. The highest BCUT2D eigenvalue weighted by atomic mass is 32.2. The average molecular weight is 288 g/mol. The van der Waals surface area contributed by atoms with Crippen LogP contribution in [0.25, 0.3) is 0 Å². The molecule has 2 rings (SSSR count). The molecule has 1 aliphatic carbocycles. The maximum Gasteiger partial charge on any atom is 0.240 e. The lowest BCUT2D eigenvalue weighted by molar-refractivity contribution is 0.171. The number of nitrogens with one attached hydrogen (secondary N) is 2. The van der Waals surface area contributed by atoms with Gasteiger partial charge < -0.3 is 10.4 Å². The molecule has 1 aliphatic rings. The molecule has 0 aromatic heterocycles. The van der Waals surface area contributed by atoms with Gasteiger partial charge in [-0.3, -0.25) is 0 Å². The number of sulfonamides is 1. The van der Waals surface area contributed by atoms with Gasteiger partial charge in [-0.1, -0.05) is 0 Å². The summed E-state index contributed by atoms with van der Waals surface area (Å²) in [7, 11) is -2.37. The van der Waals surface area contributed by atoms with Gasteiger partial charge in [0.1, 0.15) is 5.82 Å². The molecule has 0 amide bonds. The molecule has 0 unspecified atom stereocenters. The first-order valence-corrected chi connectivity index (χ1v) is 7.60. The fourth-order valence-electron chi connectivity index (χ4n) is 2.21. The standard InChI is InChI=1S/C12H17FN2O3S/c1-14-19(17,18)8-5-6-10(9(13)7-8)15-11-3-2-4-12(11)16/h5-7,11-12,14-16H,2-4H2,1H3/t11-,12-/m0/s1. The summed E-state index contributed by atoms with van der Waals surface area (Å²) < 4.78 is 39.0. The molecule has 1 fully saturated rings. The molecule has 7 heteroatoms. The zero-order valence-electron chi connectivity index (χ0n) is 10.6. The third kappa shape index (κ3) is 3.05. The molecule has 0 spiro atoms. The Kier molecular flexibility index (Phi) is 4.07. The Bertz CT molecular complexity index is 562. The molecule has 1 aromatic carbocycles. The molecule has 0 saturated heterocycles. The third-order valence-corrected chi connectivity index (χ3v) is 4.75. The zero-order valence-corrected chi connectivity index (χ0v) is 11.4. The second kappa shape index (κ2) is 5.44. The van der Waals surface area contributed by atoms with Crippen molar-refractivity contribution in [3.63, 3.8) is 0 Å². The van der Waals surface area contributed by atoms with Gasteiger partial charge in [0.05, 0.1) is 22.7 Å². The first-order chi connectivity index (χ1) is 8.94. The molecular weight excluding hydrogens is 271 g/mol. The second-order valence-corrected chi connectivity index (χ2v) is 6.48. The minimum Gasteiger partial charge on any atom is -0.391 e. The van der Waals surface area contributed by atoms with Gasteiger partial charge in [-0.05, 0) is 44.5 Å². The lowest BCUT2D eigenvalue weighted by atomic mass is 10.2. The van der Waals surface area contributed by atoms with Crippen molar-refractivity contribution in [1.82, 2.24) is 4.72 Å². The molecule has 2 atom stereocenters. The molecule has 0 bridgehead atoms. The predicted molar refractivity (Wildman–Crippen MR) is 69.9 cm³/mol. The van der Waals surface area contributed by atoms with Gasteiger partial charge in [-0.15, -0.1) is 0 Å². The Balaban J connectivity index is 2.20. The van der Waals surface area contributed by atoms with Crippen molar-refractivity contribution in [2.75, 3.05) is 12.4 Å². The van der Waals surface area contributed by atoms with Crippen molar-refractivity contribution in [3.8, 4) is 0 Å². The summed E-state index contributed by atoms with van der Waals surface area (Å²) in [5.74, 6) is -0.643. The molecule has 3 N–H and O–H groups in total. The van der Waals surface area contributed by atoms with E-state index in [1.165, 1.54) is 19.2 Å². The average Bonchev–Trinajstić information content (AvgIpc) is 2.77. The van der Waals surface area contributed by atoms with Crippen molar-refractivity contribution >= 4 is 15.7 Å². The summed E-state index contributed by atoms with van der Waals surface area (Å²) >= 11 is 0. The summed E-state index contributed by atoms with van der Waals surface area (Å²) in [5.41, 5.74) is 0.209. The Morgan fingerprint density at radius 2 is 2.11 bits per heavy atom. The minimum absolute atomic E-state index is 0.120. The van der Waals surface area contributed by atoms with E-state index in [-0.39, 0.29) is 16.6 Å². The molecule has 0 aliphatic heterocycles. The van der Waals surface area contributed by atoms with Crippen molar-refractivity contribution in [2.45, 2.75) is 36.3 Å². The monoisotopic (exact) mass is 288 g/mol. The van der Waals surface area contributed by atoms with E-state index in [4.69, 9.17) is 0 Å². The number of aliphatic hydroxyl groups is 1. The molecular formula is C12H17FN2O3S. The molecule has 19 heavy (non-hydrogen) atoms. The summed E-state index contributed by atoms with van der Waals surface area (Å²) in [4.78, 5) is -0.120. The lowest BCUT2D eigenvalue weighted by Gasteiger charge is -2.18. The van der Waals surface area contributed by atoms with Crippen LogP contribution in [-0.4, -0.2) is 32.7 Å². The minimum atomic E-state index is -3.64. The van der Waals surface area contributed by atoms with Crippen molar-refractivity contribution in [2.24, 2.45) is 0 Å². The van der Waals surface area contributed by atoms with Crippen molar-refractivity contribution < 1.29 is 17.9 Å². The number of anilines is 1. The Morgan fingerprint density at radius 1 is 1.37 bits per heavy atom. The second-order valence-electron chi connectivity index (χ2n) is 4.60. The van der Waals surface area contributed by atoms with E-state index in [1.807, 2.05) is 0 Å². The fourth-order valence-corrected chi connectivity index (χ4v) is 2.95. The van der Waals surface area contributed by atoms with Gasteiger partial charge in [0.15, 0.2) is 0 Å². The van der Waals surface area contributed by atoms with Crippen LogP contribution in [0.2, 0.25) is 0 Å². The quantitative estimate of drug-likeness (QED) is 0.774. The van der Waals surface area contributed by atoms with Crippen LogP contribution in [0, 0.1) is 5.82 Å². The highest BCUT2D eigenvalue weighted by Crippen LogP contribution is 2.25. The van der Waals surface area contributed by atoms with Crippen LogP contribution in [0.5, 0.6) is 0 Å². The van der Waals surface area contributed by atoms with E-state index in [1.54, 1.807) is 0 Å². The first-order valence-electron chi connectivity index (χ1n) is 6.12. The van der Waals surface area contributed by atoms with Gasteiger partial charge in [-0.25, -0.2) is 17.5 Å². The molecule has 1 saturated carbocycles. The predicted octanol–water partition coefficient (Wildman–Crippen LogP) is 1.06. The van der Waals surface area contributed by atoms with E-state index in [2.05, 4.69) is 10.0 Å². The van der Waals surface area contributed by atoms with Crippen LogP contribution in [0.1, 0.15) is 19.3 Å².